The molecule has 0 saturated heterocycles. The summed E-state index contributed by atoms with van der Waals surface area (Å²) < 4.78 is 0. The predicted molar refractivity (Wildman–Crippen MR) is 124 cm³/mol. The van der Waals surface area contributed by atoms with Gasteiger partial charge >= 0.3 is 23.9 Å². The van der Waals surface area contributed by atoms with E-state index in [1.807, 2.05) is 0 Å². The van der Waals surface area contributed by atoms with Gasteiger partial charge in [0.2, 0.25) is 0 Å². The summed E-state index contributed by atoms with van der Waals surface area (Å²) in [6, 6.07) is 11.1. The van der Waals surface area contributed by atoms with Crippen molar-refractivity contribution in [1.29, 1.82) is 0 Å². The maximum atomic E-state index is 10.9. The molecule has 176 valence electrons. The Morgan fingerprint density at radius 3 is 0.941 bits per heavy atom. The first-order valence-electron chi connectivity index (χ1n) is 9.25. The van der Waals surface area contributed by atoms with Crippen LogP contribution in [0, 0.1) is 0 Å². The van der Waals surface area contributed by atoms with Crippen LogP contribution in [0.15, 0.2) is 48.5 Å². The number of hydrogen-bond acceptors (Lipinski definition) is 8. The smallest absolute Gasteiger partial charge is 0.337 e. The van der Waals surface area contributed by atoms with Crippen LogP contribution in [0.1, 0.15) is 41.4 Å². The second-order valence-corrected chi connectivity index (χ2v) is 6.85. The highest BCUT2D eigenvalue weighted by atomic mass is 16.4. The summed E-state index contributed by atoms with van der Waals surface area (Å²) in [5, 5.41) is 35.1. The van der Waals surface area contributed by atoms with Crippen molar-refractivity contribution in [3.63, 3.8) is 0 Å². The van der Waals surface area contributed by atoms with Crippen LogP contribution in [0.4, 0.5) is 22.7 Å². The van der Waals surface area contributed by atoms with E-state index in [1.165, 1.54) is 24.3 Å². The number of carbonyl (C=O) groups is 4. The number of benzene rings is 3. The van der Waals surface area contributed by atoms with Crippen molar-refractivity contribution in [3.8, 4) is 11.1 Å². The van der Waals surface area contributed by atoms with Crippen molar-refractivity contribution in [3.05, 3.63) is 70.8 Å². The van der Waals surface area contributed by atoms with Crippen molar-refractivity contribution >= 4 is 46.6 Å². The van der Waals surface area contributed by atoms with Gasteiger partial charge in [-0.15, -0.1) is 0 Å². The Bertz CT molecular complexity index is 1220. The van der Waals surface area contributed by atoms with Crippen LogP contribution >= 0.6 is 0 Å². The Labute approximate surface area is 191 Å². The van der Waals surface area contributed by atoms with Crippen molar-refractivity contribution < 1.29 is 39.6 Å². The molecule has 0 fully saturated rings. The van der Waals surface area contributed by atoms with Crippen LogP contribution in [0.2, 0.25) is 0 Å². The van der Waals surface area contributed by atoms with Gasteiger partial charge in [0.05, 0.1) is 22.3 Å². The first kappa shape index (κ1) is 25.0. The lowest BCUT2D eigenvalue weighted by Gasteiger charge is -2.08. The van der Waals surface area contributed by atoms with E-state index >= 15 is 0 Å². The van der Waals surface area contributed by atoms with Crippen molar-refractivity contribution in [2.24, 2.45) is 0 Å². The van der Waals surface area contributed by atoms with Gasteiger partial charge in [0.25, 0.3) is 0 Å². The number of nitrogen functional groups attached to an aromatic ring is 4. The zero-order chi connectivity index (χ0) is 25.7. The molecule has 0 unspecified atom stereocenters. The average Bonchev–Trinajstić information content (AvgIpc) is 2.74. The van der Waals surface area contributed by atoms with E-state index in [1.54, 1.807) is 12.1 Å². The van der Waals surface area contributed by atoms with Gasteiger partial charge in [-0.1, -0.05) is 12.1 Å². The van der Waals surface area contributed by atoms with E-state index in [0.29, 0.717) is 11.1 Å². The van der Waals surface area contributed by atoms with Gasteiger partial charge in [-0.2, -0.15) is 0 Å². The maximum Gasteiger partial charge on any atom is 0.337 e. The molecule has 0 aliphatic heterocycles. The van der Waals surface area contributed by atoms with E-state index in [0.717, 1.165) is 12.1 Å². The van der Waals surface area contributed by atoms with E-state index < -0.39 is 23.9 Å². The molecule has 0 bridgehead atoms. The number of aromatic carboxylic acids is 4. The Morgan fingerprint density at radius 1 is 0.441 bits per heavy atom. The predicted octanol–water partition coefficient (Wildman–Crippen LogP) is 2.16. The van der Waals surface area contributed by atoms with Gasteiger partial charge in [0.1, 0.15) is 0 Å². The van der Waals surface area contributed by atoms with Gasteiger partial charge in [-0.05, 0) is 47.5 Å². The summed E-state index contributed by atoms with van der Waals surface area (Å²) in [5.41, 5.74) is 23.0. The first-order chi connectivity index (χ1) is 15.8. The van der Waals surface area contributed by atoms with Gasteiger partial charge in [0, 0.05) is 22.7 Å². The third-order valence-electron chi connectivity index (χ3n) is 4.58. The standard InChI is InChI=1S/C14H12N2O4.C8H8N2O4/c15-11-5-7(1-3-9(11)13(17)18)8-2-4-10(14(19)20)12(16)6-8;9-5-1-3(7(11)12)6(10)2-4(5)8(13)14/h1-6H,15-16H2,(H,17,18)(H,19,20);1-2H,9-10H2,(H,11,12)(H,13,14). The summed E-state index contributed by atoms with van der Waals surface area (Å²) in [6.45, 7) is 0. The zero-order valence-corrected chi connectivity index (χ0v) is 17.4. The lowest BCUT2D eigenvalue weighted by Crippen LogP contribution is -2.09. The summed E-state index contributed by atoms with van der Waals surface area (Å²) in [7, 11) is 0. The number of anilines is 4. The van der Waals surface area contributed by atoms with Gasteiger partial charge in [0.15, 0.2) is 0 Å². The number of rotatable bonds is 5. The highest BCUT2D eigenvalue weighted by molar-refractivity contribution is 6.01. The summed E-state index contributed by atoms with van der Waals surface area (Å²) >= 11 is 0. The normalized spacial score (nSPS) is 10.0. The fraction of sp³-hybridized carbons (Fsp3) is 0. The van der Waals surface area contributed by atoms with E-state index in [4.69, 9.17) is 43.4 Å². The highest BCUT2D eigenvalue weighted by Crippen LogP contribution is 2.27. The van der Waals surface area contributed by atoms with Crippen LogP contribution in [0.3, 0.4) is 0 Å². The summed E-state index contributed by atoms with van der Waals surface area (Å²) in [4.78, 5) is 42.9. The molecule has 0 aromatic heterocycles. The molecule has 0 aliphatic rings. The van der Waals surface area contributed by atoms with Crippen molar-refractivity contribution in [1.82, 2.24) is 0 Å². The second kappa shape index (κ2) is 9.91. The van der Waals surface area contributed by atoms with Crippen LogP contribution in [0.5, 0.6) is 0 Å². The summed E-state index contributed by atoms with van der Waals surface area (Å²) in [5.74, 6) is -4.69. The third kappa shape index (κ3) is 5.50. The van der Waals surface area contributed by atoms with Crippen LogP contribution in [0.25, 0.3) is 11.1 Å². The SMILES string of the molecule is Nc1cc(-c2ccc(C(=O)O)c(N)c2)ccc1C(=O)O.Nc1cc(C(=O)O)c(N)cc1C(=O)O. The molecule has 0 atom stereocenters. The molecule has 0 heterocycles. The van der Waals surface area contributed by atoms with Crippen LogP contribution < -0.4 is 22.9 Å². The second-order valence-electron chi connectivity index (χ2n) is 6.85. The molecule has 0 saturated carbocycles. The van der Waals surface area contributed by atoms with E-state index in [9.17, 15) is 19.2 Å². The Hall–Kier alpha value is -5.26. The van der Waals surface area contributed by atoms with Crippen molar-refractivity contribution in [2.45, 2.75) is 0 Å². The van der Waals surface area contributed by atoms with E-state index in [-0.39, 0.29) is 45.0 Å². The van der Waals surface area contributed by atoms with E-state index in [2.05, 4.69) is 0 Å². The number of carboxylic acids is 4. The van der Waals surface area contributed by atoms with Crippen LogP contribution in [-0.4, -0.2) is 44.3 Å². The van der Waals surface area contributed by atoms with Gasteiger partial charge in [-0.3, -0.25) is 0 Å². The quantitative estimate of drug-likeness (QED) is 0.251. The molecule has 12 nitrogen and oxygen atoms in total. The molecule has 0 spiro atoms. The lowest BCUT2D eigenvalue weighted by molar-refractivity contribution is 0.0683. The fourth-order valence-corrected chi connectivity index (χ4v) is 2.88. The molecule has 12 N–H and O–H groups in total. The molecule has 3 aromatic rings. The van der Waals surface area contributed by atoms with Gasteiger partial charge in [-0.25, -0.2) is 19.2 Å². The highest BCUT2D eigenvalue weighted by Gasteiger charge is 2.15. The zero-order valence-electron chi connectivity index (χ0n) is 17.4. The summed E-state index contributed by atoms with van der Waals surface area (Å²) in [6.07, 6.45) is 0. The molecular weight excluding hydrogens is 448 g/mol. The minimum atomic E-state index is -1.24. The molecule has 0 radical (unpaired) electrons. The molecule has 12 heteroatoms. The number of carboxylic acid groups (broad SMARTS) is 4. The fourth-order valence-electron chi connectivity index (χ4n) is 2.88. The Morgan fingerprint density at radius 2 is 0.706 bits per heavy atom. The third-order valence-corrected chi connectivity index (χ3v) is 4.58. The molecular formula is C22H20N4O8. The number of nitrogens with two attached hydrogens (primary N) is 4. The number of hydrogen-bond donors (Lipinski definition) is 8. The Balaban J connectivity index is 0.000000257. The maximum absolute atomic E-state index is 10.9. The monoisotopic (exact) mass is 468 g/mol. The first-order valence-corrected chi connectivity index (χ1v) is 9.25. The molecule has 0 aliphatic carbocycles. The average molecular weight is 468 g/mol. The van der Waals surface area contributed by atoms with Crippen molar-refractivity contribution in [2.75, 3.05) is 22.9 Å². The molecule has 0 amide bonds. The Kier molecular flexibility index (Phi) is 7.29. The molecule has 34 heavy (non-hydrogen) atoms. The minimum Gasteiger partial charge on any atom is -0.478 e. The van der Waals surface area contributed by atoms with Crippen LogP contribution in [-0.2, 0) is 0 Å². The lowest BCUT2D eigenvalue weighted by atomic mass is 10.00. The molecule has 3 aromatic carbocycles. The molecule has 3 rings (SSSR count). The largest absolute Gasteiger partial charge is 0.478 e. The van der Waals surface area contributed by atoms with Gasteiger partial charge < -0.3 is 43.4 Å². The minimum absolute atomic E-state index is 0.0175. The topological polar surface area (TPSA) is 253 Å².